The predicted octanol–water partition coefficient (Wildman–Crippen LogP) is 3.20. The Labute approximate surface area is 197 Å². The lowest BCUT2D eigenvalue weighted by atomic mass is 10.1. The summed E-state index contributed by atoms with van der Waals surface area (Å²) in [5.41, 5.74) is 0.152. The SMILES string of the molecule is CCNC(=O)[C@@H](C)N(Cc1ccccc1F)C(=O)CCCN(c1ccc(F)c(F)c1)S(C)(=O)=O. The van der Waals surface area contributed by atoms with E-state index < -0.39 is 45.3 Å². The Kier molecular flexibility index (Phi) is 9.48. The molecule has 186 valence electrons. The van der Waals surface area contributed by atoms with Gasteiger partial charge in [-0.15, -0.1) is 0 Å². The number of carbonyl (C=O) groups excluding carboxylic acids is 2. The van der Waals surface area contributed by atoms with Gasteiger partial charge < -0.3 is 10.2 Å². The molecule has 0 saturated heterocycles. The second kappa shape index (κ2) is 11.9. The van der Waals surface area contributed by atoms with Crippen LogP contribution in [0.25, 0.3) is 0 Å². The van der Waals surface area contributed by atoms with Crippen molar-refractivity contribution in [3.63, 3.8) is 0 Å². The van der Waals surface area contributed by atoms with Gasteiger partial charge in [0.15, 0.2) is 11.6 Å². The highest BCUT2D eigenvalue weighted by Crippen LogP contribution is 2.22. The van der Waals surface area contributed by atoms with Gasteiger partial charge in [-0.3, -0.25) is 13.9 Å². The number of nitrogens with one attached hydrogen (secondary N) is 1. The lowest BCUT2D eigenvalue weighted by molar-refractivity contribution is -0.140. The summed E-state index contributed by atoms with van der Waals surface area (Å²) in [4.78, 5) is 26.6. The van der Waals surface area contributed by atoms with Crippen LogP contribution in [0.2, 0.25) is 0 Å². The zero-order valence-corrected chi connectivity index (χ0v) is 20.0. The third kappa shape index (κ3) is 7.21. The topological polar surface area (TPSA) is 86.8 Å². The van der Waals surface area contributed by atoms with Crippen LogP contribution in [0.1, 0.15) is 32.3 Å². The van der Waals surface area contributed by atoms with Gasteiger partial charge in [-0.2, -0.15) is 0 Å². The van der Waals surface area contributed by atoms with Gasteiger partial charge in [0.2, 0.25) is 21.8 Å². The first-order valence-corrected chi connectivity index (χ1v) is 12.5. The highest BCUT2D eigenvalue weighted by atomic mass is 32.2. The molecule has 2 aromatic carbocycles. The number of hydrogen-bond acceptors (Lipinski definition) is 4. The minimum Gasteiger partial charge on any atom is -0.355 e. The van der Waals surface area contributed by atoms with Gasteiger partial charge in [0, 0.05) is 37.7 Å². The third-order valence-electron chi connectivity index (χ3n) is 5.16. The van der Waals surface area contributed by atoms with E-state index in [0.717, 1.165) is 28.8 Å². The fourth-order valence-corrected chi connectivity index (χ4v) is 4.32. The Hall–Kier alpha value is -3.08. The van der Waals surface area contributed by atoms with Crippen molar-refractivity contribution in [2.45, 2.75) is 39.3 Å². The third-order valence-corrected chi connectivity index (χ3v) is 6.35. The number of carbonyl (C=O) groups is 2. The average Bonchev–Trinajstić information content (AvgIpc) is 2.77. The molecule has 2 aromatic rings. The van der Waals surface area contributed by atoms with Crippen LogP contribution in [0.15, 0.2) is 42.5 Å². The van der Waals surface area contributed by atoms with Crippen molar-refractivity contribution < 1.29 is 31.2 Å². The van der Waals surface area contributed by atoms with E-state index in [9.17, 15) is 31.2 Å². The lowest BCUT2D eigenvalue weighted by Crippen LogP contribution is -2.47. The first-order valence-electron chi connectivity index (χ1n) is 10.7. The van der Waals surface area contributed by atoms with E-state index in [-0.39, 0.29) is 37.2 Å². The van der Waals surface area contributed by atoms with Gasteiger partial charge in [-0.25, -0.2) is 21.6 Å². The van der Waals surface area contributed by atoms with Crippen molar-refractivity contribution >= 4 is 27.5 Å². The van der Waals surface area contributed by atoms with Crippen molar-refractivity contribution in [2.24, 2.45) is 0 Å². The molecule has 0 aliphatic carbocycles. The fraction of sp³-hybridized carbons (Fsp3) is 0.391. The maximum absolute atomic E-state index is 14.2. The van der Waals surface area contributed by atoms with Crippen LogP contribution >= 0.6 is 0 Å². The molecule has 2 rings (SSSR count). The first kappa shape index (κ1) is 27.2. The molecule has 0 unspecified atom stereocenters. The van der Waals surface area contributed by atoms with Crippen LogP contribution in [-0.2, 0) is 26.2 Å². The smallest absolute Gasteiger partial charge is 0.242 e. The Bertz CT molecular complexity index is 1130. The minimum absolute atomic E-state index is 0.0286. The van der Waals surface area contributed by atoms with E-state index in [4.69, 9.17) is 0 Å². The summed E-state index contributed by atoms with van der Waals surface area (Å²) in [6.45, 7) is 3.27. The Morgan fingerprint density at radius 1 is 1.03 bits per heavy atom. The number of likely N-dealkylation sites (N-methyl/N-ethyl adjacent to an activating group) is 1. The molecule has 11 heteroatoms. The Morgan fingerprint density at radius 3 is 2.29 bits per heavy atom. The molecule has 0 radical (unpaired) electrons. The average molecular weight is 500 g/mol. The van der Waals surface area contributed by atoms with E-state index in [1.807, 2.05) is 0 Å². The van der Waals surface area contributed by atoms with Gasteiger partial charge in [0.25, 0.3) is 0 Å². The molecular weight excluding hydrogens is 471 g/mol. The van der Waals surface area contributed by atoms with Crippen molar-refractivity contribution in [1.82, 2.24) is 10.2 Å². The number of amides is 2. The second-order valence-corrected chi connectivity index (χ2v) is 9.63. The molecule has 1 N–H and O–H groups in total. The van der Waals surface area contributed by atoms with Crippen molar-refractivity contribution in [3.8, 4) is 0 Å². The van der Waals surface area contributed by atoms with Crippen LogP contribution in [-0.4, -0.2) is 50.5 Å². The van der Waals surface area contributed by atoms with E-state index in [0.29, 0.717) is 6.54 Å². The standard InChI is InChI=1S/C23H28F3N3O4S/c1-4-27-23(31)16(2)28(15-17-8-5-6-9-19(17)24)22(30)10-7-13-29(34(3,32)33)18-11-12-20(25)21(26)14-18/h5-6,8-9,11-12,14,16H,4,7,10,13,15H2,1-3H3,(H,27,31)/t16-/m1/s1. The number of nitrogens with zero attached hydrogens (tertiary/aromatic N) is 2. The summed E-state index contributed by atoms with van der Waals surface area (Å²) in [7, 11) is -3.85. The molecule has 0 fully saturated rings. The predicted molar refractivity (Wildman–Crippen MR) is 123 cm³/mol. The van der Waals surface area contributed by atoms with Crippen LogP contribution in [0, 0.1) is 17.5 Å². The molecule has 0 spiro atoms. The van der Waals surface area contributed by atoms with E-state index in [1.54, 1.807) is 13.0 Å². The highest BCUT2D eigenvalue weighted by Gasteiger charge is 2.27. The molecule has 34 heavy (non-hydrogen) atoms. The van der Waals surface area contributed by atoms with Gasteiger partial charge in [-0.05, 0) is 38.5 Å². The molecule has 7 nitrogen and oxygen atoms in total. The summed E-state index contributed by atoms with van der Waals surface area (Å²) >= 11 is 0. The van der Waals surface area contributed by atoms with E-state index in [1.165, 1.54) is 30.0 Å². The van der Waals surface area contributed by atoms with Crippen molar-refractivity contribution in [3.05, 3.63) is 65.5 Å². The number of sulfonamides is 1. The molecule has 2 amide bonds. The summed E-state index contributed by atoms with van der Waals surface area (Å²) in [6, 6.07) is 7.69. The zero-order chi connectivity index (χ0) is 25.5. The number of hydrogen-bond donors (Lipinski definition) is 1. The normalized spacial score (nSPS) is 12.2. The van der Waals surface area contributed by atoms with Gasteiger partial charge in [0.05, 0.1) is 11.9 Å². The number of anilines is 1. The Balaban J connectivity index is 2.18. The van der Waals surface area contributed by atoms with Crippen LogP contribution < -0.4 is 9.62 Å². The maximum atomic E-state index is 14.2. The van der Waals surface area contributed by atoms with Crippen molar-refractivity contribution in [1.29, 1.82) is 0 Å². The number of halogens is 3. The lowest BCUT2D eigenvalue weighted by Gasteiger charge is -2.29. The van der Waals surface area contributed by atoms with Crippen LogP contribution in [0.5, 0.6) is 0 Å². The molecule has 0 heterocycles. The number of rotatable bonds is 11. The van der Waals surface area contributed by atoms with Crippen molar-refractivity contribution in [2.75, 3.05) is 23.7 Å². The molecule has 0 saturated carbocycles. The van der Waals surface area contributed by atoms with Gasteiger partial charge >= 0.3 is 0 Å². The maximum Gasteiger partial charge on any atom is 0.242 e. The Morgan fingerprint density at radius 2 is 1.71 bits per heavy atom. The van der Waals surface area contributed by atoms with Crippen LogP contribution in [0.3, 0.4) is 0 Å². The molecular formula is C23H28F3N3O4S. The molecule has 0 aromatic heterocycles. The summed E-state index contributed by atoms with van der Waals surface area (Å²) in [5, 5.41) is 2.63. The molecule has 1 atom stereocenters. The highest BCUT2D eigenvalue weighted by molar-refractivity contribution is 7.92. The summed E-state index contributed by atoms with van der Waals surface area (Å²) in [5.74, 6) is -3.73. The fourth-order valence-electron chi connectivity index (χ4n) is 3.36. The van der Waals surface area contributed by atoms with E-state index >= 15 is 0 Å². The zero-order valence-electron chi connectivity index (χ0n) is 19.2. The minimum atomic E-state index is -3.85. The quantitative estimate of drug-likeness (QED) is 0.515. The first-order chi connectivity index (χ1) is 16.0. The van der Waals surface area contributed by atoms with Gasteiger partial charge in [-0.1, -0.05) is 18.2 Å². The van der Waals surface area contributed by atoms with Gasteiger partial charge in [0.1, 0.15) is 11.9 Å². The monoisotopic (exact) mass is 499 g/mol. The molecule has 0 bridgehead atoms. The summed E-state index contributed by atoms with van der Waals surface area (Å²) < 4.78 is 66.4. The second-order valence-electron chi connectivity index (χ2n) is 7.72. The molecule has 0 aliphatic rings. The van der Waals surface area contributed by atoms with E-state index in [2.05, 4.69) is 5.32 Å². The summed E-state index contributed by atoms with van der Waals surface area (Å²) in [6.07, 6.45) is 0.784. The van der Waals surface area contributed by atoms with Crippen LogP contribution in [0.4, 0.5) is 18.9 Å². The number of benzene rings is 2. The molecule has 0 aliphatic heterocycles. The largest absolute Gasteiger partial charge is 0.355 e.